The molecule has 0 radical (unpaired) electrons. The maximum atomic E-state index is 11.7. The number of aromatic nitrogens is 2. The highest BCUT2D eigenvalue weighted by molar-refractivity contribution is 9.10. The van der Waals surface area contributed by atoms with E-state index in [1.165, 1.54) is 10.8 Å². The van der Waals surface area contributed by atoms with E-state index in [4.69, 9.17) is 9.47 Å². The van der Waals surface area contributed by atoms with Crippen molar-refractivity contribution < 1.29 is 9.47 Å². The van der Waals surface area contributed by atoms with Crippen LogP contribution in [0.25, 0.3) is 0 Å². The first kappa shape index (κ1) is 14.4. The zero-order chi connectivity index (χ0) is 14.7. The fraction of sp³-hybridized carbons (Fsp3) is 0.231. The molecule has 2 aromatic rings. The zero-order valence-corrected chi connectivity index (χ0v) is 12.6. The van der Waals surface area contributed by atoms with Crippen LogP contribution in [-0.2, 0) is 6.54 Å². The lowest BCUT2D eigenvalue weighted by Gasteiger charge is -2.10. The molecule has 0 saturated heterocycles. The van der Waals surface area contributed by atoms with Crippen molar-refractivity contribution in [3.63, 3.8) is 0 Å². The molecule has 1 aromatic heterocycles. The van der Waals surface area contributed by atoms with Gasteiger partial charge in [-0.25, -0.2) is 4.79 Å². The van der Waals surface area contributed by atoms with Crippen molar-refractivity contribution in [1.82, 2.24) is 9.55 Å². The van der Waals surface area contributed by atoms with Gasteiger partial charge in [-0.1, -0.05) is 6.07 Å². The molecule has 20 heavy (non-hydrogen) atoms. The molecule has 0 spiro atoms. The molecule has 6 nitrogen and oxygen atoms in total. The van der Waals surface area contributed by atoms with Crippen molar-refractivity contribution in [3.8, 4) is 11.5 Å². The quantitative estimate of drug-likeness (QED) is 0.912. The summed E-state index contributed by atoms with van der Waals surface area (Å²) in [5.74, 6) is 1.20. The van der Waals surface area contributed by atoms with Crippen LogP contribution in [0.5, 0.6) is 11.5 Å². The SMILES string of the molecule is COc1ccc(Cn2cc(Br)c(=O)[nH]c2=O)cc1OC. The first-order valence-electron chi connectivity index (χ1n) is 5.75. The Morgan fingerprint density at radius 3 is 2.55 bits per heavy atom. The van der Waals surface area contributed by atoms with E-state index in [1.54, 1.807) is 26.4 Å². The summed E-state index contributed by atoms with van der Waals surface area (Å²) in [6.07, 6.45) is 1.46. The van der Waals surface area contributed by atoms with E-state index in [0.717, 1.165) is 5.56 Å². The monoisotopic (exact) mass is 340 g/mol. The zero-order valence-electron chi connectivity index (χ0n) is 11.0. The number of aromatic amines is 1. The molecular weight excluding hydrogens is 328 g/mol. The molecule has 0 saturated carbocycles. The topological polar surface area (TPSA) is 73.3 Å². The second-order valence-electron chi connectivity index (χ2n) is 4.05. The number of hydrogen-bond acceptors (Lipinski definition) is 4. The third kappa shape index (κ3) is 2.93. The number of methoxy groups -OCH3 is 2. The highest BCUT2D eigenvalue weighted by atomic mass is 79.9. The number of rotatable bonds is 4. The maximum Gasteiger partial charge on any atom is 0.328 e. The number of halogens is 1. The number of nitrogens with zero attached hydrogens (tertiary/aromatic N) is 1. The number of ether oxygens (including phenoxy) is 2. The summed E-state index contributed by atoms with van der Waals surface area (Å²) < 4.78 is 12.1. The lowest BCUT2D eigenvalue weighted by atomic mass is 10.2. The van der Waals surface area contributed by atoms with Crippen LogP contribution < -0.4 is 20.7 Å². The summed E-state index contributed by atoms with van der Waals surface area (Å²) in [7, 11) is 3.10. The summed E-state index contributed by atoms with van der Waals surface area (Å²) >= 11 is 3.10. The fourth-order valence-corrected chi connectivity index (χ4v) is 2.12. The van der Waals surface area contributed by atoms with Gasteiger partial charge in [0.05, 0.1) is 25.2 Å². The predicted molar refractivity (Wildman–Crippen MR) is 77.7 cm³/mol. The Hall–Kier alpha value is -2.02. The lowest BCUT2D eigenvalue weighted by molar-refractivity contribution is 0.354. The Morgan fingerprint density at radius 1 is 1.20 bits per heavy atom. The van der Waals surface area contributed by atoms with Crippen molar-refractivity contribution in [1.29, 1.82) is 0 Å². The van der Waals surface area contributed by atoms with Gasteiger partial charge in [0, 0.05) is 6.20 Å². The highest BCUT2D eigenvalue weighted by Crippen LogP contribution is 2.27. The van der Waals surface area contributed by atoms with Crippen LogP contribution >= 0.6 is 15.9 Å². The molecule has 1 aromatic carbocycles. The van der Waals surface area contributed by atoms with E-state index in [9.17, 15) is 9.59 Å². The van der Waals surface area contributed by atoms with Gasteiger partial charge in [0.1, 0.15) is 0 Å². The number of hydrogen-bond donors (Lipinski definition) is 1. The molecule has 0 aliphatic carbocycles. The van der Waals surface area contributed by atoms with Crippen molar-refractivity contribution in [2.75, 3.05) is 14.2 Å². The van der Waals surface area contributed by atoms with Crippen LogP contribution in [0.1, 0.15) is 5.56 Å². The first-order valence-corrected chi connectivity index (χ1v) is 6.54. The van der Waals surface area contributed by atoms with E-state index in [2.05, 4.69) is 20.9 Å². The minimum Gasteiger partial charge on any atom is -0.493 e. The summed E-state index contributed by atoms with van der Waals surface area (Å²) in [5.41, 5.74) is -0.0600. The second kappa shape index (κ2) is 5.96. The normalized spacial score (nSPS) is 10.3. The molecule has 106 valence electrons. The lowest BCUT2D eigenvalue weighted by Crippen LogP contribution is -2.30. The Morgan fingerprint density at radius 2 is 1.90 bits per heavy atom. The Kier molecular flexibility index (Phi) is 4.29. The fourth-order valence-electron chi connectivity index (χ4n) is 1.78. The van der Waals surface area contributed by atoms with Gasteiger partial charge in [-0.15, -0.1) is 0 Å². The molecule has 0 atom stereocenters. The van der Waals surface area contributed by atoms with Gasteiger partial charge in [0.25, 0.3) is 5.56 Å². The molecule has 0 bridgehead atoms. The van der Waals surface area contributed by atoms with E-state index in [-0.39, 0.29) is 0 Å². The molecule has 2 rings (SSSR count). The average Bonchev–Trinajstić information content (AvgIpc) is 2.44. The highest BCUT2D eigenvalue weighted by Gasteiger charge is 2.07. The summed E-state index contributed by atoms with van der Waals surface area (Å²) in [6, 6.07) is 5.37. The van der Waals surface area contributed by atoms with Gasteiger partial charge in [-0.3, -0.25) is 14.3 Å². The number of benzene rings is 1. The van der Waals surface area contributed by atoms with Crippen molar-refractivity contribution >= 4 is 15.9 Å². The van der Waals surface area contributed by atoms with Crippen molar-refractivity contribution in [2.24, 2.45) is 0 Å². The standard InChI is InChI=1S/C13H13BrN2O4/c1-19-10-4-3-8(5-11(10)20-2)6-16-7-9(14)12(17)15-13(16)18/h3-5,7H,6H2,1-2H3,(H,15,17,18). The van der Waals surface area contributed by atoms with E-state index < -0.39 is 11.2 Å². The molecule has 1 N–H and O–H groups in total. The van der Waals surface area contributed by atoms with Gasteiger partial charge in [-0.05, 0) is 33.6 Å². The van der Waals surface area contributed by atoms with Crippen molar-refractivity contribution in [2.45, 2.75) is 6.54 Å². The van der Waals surface area contributed by atoms with Crippen LogP contribution in [0.4, 0.5) is 0 Å². The van der Waals surface area contributed by atoms with E-state index in [0.29, 0.717) is 22.5 Å². The summed E-state index contributed by atoms with van der Waals surface area (Å²) in [5, 5.41) is 0. The summed E-state index contributed by atoms with van der Waals surface area (Å²) in [4.78, 5) is 25.2. The predicted octanol–water partition coefficient (Wildman–Crippen LogP) is 1.36. The van der Waals surface area contributed by atoms with Crippen molar-refractivity contribution in [3.05, 3.63) is 55.3 Å². The Balaban J connectivity index is 2.38. The van der Waals surface area contributed by atoms with Crippen LogP contribution in [0, 0.1) is 0 Å². The number of nitrogens with one attached hydrogen (secondary N) is 1. The minimum atomic E-state index is -0.465. The van der Waals surface area contributed by atoms with Crippen LogP contribution in [-0.4, -0.2) is 23.8 Å². The molecule has 0 aliphatic heterocycles. The third-order valence-corrected chi connectivity index (χ3v) is 3.33. The Bertz CT molecular complexity index is 736. The van der Waals surface area contributed by atoms with E-state index in [1.807, 2.05) is 6.07 Å². The molecule has 7 heteroatoms. The molecule has 1 heterocycles. The smallest absolute Gasteiger partial charge is 0.328 e. The maximum absolute atomic E-state index is 11.7. The molecule has 0 amide bonds. The minimum absolute atomic E-state index is 0.303. The van der Waals surface area contributed by atoms with Gasteiger partial charge >= 0.3 is 5.69 Å². The van der Waals surface area contributed by atoms with Gasteiger partial charge in [0.2, 0.25) is 0 Å². The average molecular weight is 341 g/mol. The molecule has 0 unspecified atom stereocenters. The van der Waals surface area contributed by atoms with Gasteiger partial charge in [0.15, 0.2) is 11.5 Å². The molecule has 0 fully saturated rings. The number of H-pyrrole nitrogens is 1. The van der Waals surface area contributed by atoms with Crippen LogP contribution in [0.2, 0.25) is 0 Å². The van der Waals surface area contributed by atoms with Gasteiger partial charge in [-0.2, -0.15) is 0 Å². The third-order valence-electron chi connectivity index (χ3n) is 2.77. The second-order valence-corrected chi connectivity index (χ2v) is 4.91. The van der Waals surface area contributed by atoms with Gasteiger partial charge < -0.3 is 9.47 Å². The summed E-state index contributed by atoms with van der Waals surface area (Å²) in [6.45, 7) is 0.314. The van der Waals surface area contributed by atoms with E-state index >= 15 is 0 Å². The molecular formula is C13H13BrN2O4. The van der Waals surface area contributed by atoms with Crippen LogP contribution in [0.3, 0.4) is 0 Å². The largest absolute Gasteiger partial charge is 0.493 e. The Labute approximate surface area is 123 Å². The molecule has 0 aliphatic rings. The van der Waals surface area contributed by atoms with Crippen LogP contribution in [0.15, 0.2) is 38.5 Å². The first-order chi connectivity index (χ1) is 9.55.